The van der Waals surface area contributed by atoms with E-state index < -0.39 is 5.97 Å². The Labute approximate surface area is 381 Å². The lowest BCUT2D eigenvalue weighted by molar-refractivity contribution is 0.0684. The Hall–Kier alpha value is -4.21. The fraction of sp³-hybridized carbons (Fsp3) is 0.391. The molecule has 320 valence electrons. The molecule has 0 unspecified atom stereocenters. The average Bonchev–Trinajstić information content (AvgIpc) is 3.70. The van der Waals surface area contributed by atoms with Crippen LogP contribution in [0.4, 0.5) is 17.1 Å². The Balaban J connectivity index is 0.000000212. The first-order valence-electron chi connectivity index (χ1n) is 20.5. The number of hydrogen-bond donors (Lipinski definition) is 1. The van der Waals surface area contributed by atoms with Crippen molar-refractivity contribution >= 4 is 76.1 Å². The number of rotatable bonds is 9. The minimum atomic E-state index is -0.879. The second-order valence-electron chi connectivity index (χ2n) is 15.7. The summed E-state index contributed by atoms with van der Waals surface area (Å²) in [5.74, 6) is -0.742. The molecule has 5 heterocycles. The van der Waals surface area contributed by atoms with E-state index in [-0.39, 0.29) is 29.9 Å². The maximum atomic E-state index is 13.4. The molecule has 3 aliphatic rings. The van der Waals surface area contributed by atoms with E-state index in [0.29, 0.717) is 5.69 Å². The number of halogens is 3. The second-order valence-corrected chi connectivity index (χ2v) is 16.6. The lowest BCUT2D eigenvalue weighted by atomic mass is 10.2. The number of carbonyl (C=O) groups is 2. The second kappa shape index (κ2) is 20.6. The van der Waals surface area contributed by atoms with Crippen LogP contribution in [-0.4, -0.2) is 119 Å². The van der Waals surface area contributed by atoms with Crippen LogP contribution in [0.25, 0.3) is 0 Å². The maximum absolute atomic E-state index is 13.4. The zero-order valence-electron chi connectivity index (χ0n) is 35.1. The van der Waals surface area contributed by atoms with Crippen LogP contribution in [0, 0.1) is 13.8 Å². The molecule has 3 aromatic carbocycles. The summed E-state index contributed by atoms with van der Waals surface area (Å²) < 4.78 is 3.82. The average molecular weight is 968 g/mol. The van der Waals surface area contributed by atoms with Crippen LogP contribution in [0.1, 0.15) is 43.5 Å². The Bertz CT molecular complexity index is 2220. The van der Waals surface area contributed by atoms with Crippen molar-refractivity contribution in [1.29, 1.82) is 0 Å². The summed E-state index contributed by atoms with van der Waals surface area (Å²) in [4.78, 5) is 38.5. The Morgan fingerprint density at radius 3 is 1.38 bits per heavy atom. The van der Waals surface area contributed by atoms with E-state index in [1.165, 1.54) is 16.9 Å². The van der Waals surface area contributed by atoms with Gasteiger partial charge in [0.05, 0.1) is 21.4 Å². The monoisotopic (exact) mass is 966 g/mol. The van der Waals surface area contributed by atoms with Crippen LogP contribution >= 0.6 is 47.2 Å². The molecule has 1 N–H and O–H groups in total. The maximum Gasteiger partial charge on any atom is 0.352 e. The first-order valence-corrected chi connectivity index (χ1v) is 21.3. The van der Waals surface area contributed by atoms with E-state index in [0.717, 1.165) is 130 Å². The molecule has 0 aliphatic carbocycles. The molecule has 8 rings (SSSR count). The van der Waals surface area contributed by atoms with E-state index in [9.17, 15) is 14.7 Å². The number of para-hydroxylation sites is 3. The zero-order valence-corrected chi connectivity index (χ0v) is 38.9. The minimum Gasteiger partial charge on any atom is -0.477 e. The van der Waals surface area contributed by atoms with Crippen molar-refractivity contribution in [2.24, 2.45) is 14.1 Å². The molecule has 5 aromatic rings. The first kappa shape index (κ1) is 45.3. The van der Waals surface area contributed by atoms with Crippen LogP contribution in [0.15, 0.2) is 91.0 Å². The molecule has 60 heavy (non-hydrogen) atoms. The predicted octanol–water partition coefficient (Wildman–Crippen LogP) is 7.90. The lowest BCUT2D eigenvalue weighted by Gasteiger charge is -2.36. The third-order valence-corrected chi connectivity index (χ3v) is 13.0. The summed E-state index contributed by atoms with van der Waals surface area (Å²) in [5.41, 5.74) is 9.08. The van der Waals surface area contributed by atoms with Crippen molar-refractivity contribution in [3.63, 3.8) is 0 Å². The fourth-order valence-corrected chi connectivity index (χ4v) is 8.93. The van der Waals surface area contributed by atoms with E-state index in [1.807, 2.05) is 61.3 Å². The number of piperazine rings is 3. The Kier molecular flexibility index (Phi) is 15.5. The van der Waals surface area contributed by atoms with Gasteiger partial charge in [0.25, 0.3) is 5.91 Å². The van der Waals surface area contributed by atoms with Gasteiger partial charge < -0.3 is 33.8 Å². The van der Waals surface area contributed by atoms with Gasteiger partial charge in [-0.3, -0.25) is 14.6 Å². The largest absolute Gasteiger partial charge is 0.477 e. The van der Waals surface area contributed by atoms with Gasteiger partial charge in [0, 0.05) is 123 Å². The Morgan fingerprint density at radius 2 is 0.950 bits per heavy atom. The van der Waals surface area contributed by atoms with Crippen LogP contribution in [-0.2, 0) is 27.2 Å². The molecule has 0 atom stereocenters. The molecular weight excluding hydrogens is 910 g/mol. The number of carboxylic acid groups (broad SMARTS) is 1. The summed E-state index contributed by atoms with van der Waals surface area (Å²) in [6, 6.07) is 30.3. The number of amides is 1. The number of hydrogen-bond acceptors (Lipinski definition) is 7. The molecule has 2 aromatic heterocycles. The molecule has 3 saturated heterocycles. The number of benzene rings is 3. The predicted molar refractivity (Wildman–Crippen MR) is 255 cm³/mol. The molecule has 1 amide bonds. The number of carbonyl (C=O) groups excluding carboxylic acids is 1. The number of nitrogens with zero attached hydrogens (tertiary/aromatic N) is 8. The molecule has 14 heteroatoms. The number of aromatic carboxylic acids is 1. The number of carboxylic acids is 1. The molecule has 0 bridgehead atoms. The smallest absolute Gasteiger partial charge is 0.352 e. The highest BCUT2D eigenvalue weighted by molar-refractivity contribution is 14.0. The van der Waals surface area contributed by atoms with E-state index in [4.69, 9.17) is 23.2 Å². The van der Waals surface area contributed by atoms with Crippen molar-refractivity contribution in [1.82, 2.24) is 23.8 Å². The summed E-state index contributed by atoms with van der Waals surface area (Å²) in [6.45, 7) is 16.5. The topological polar surface area (TPSA) is 83.7 Å². The molecule has 3 fully saturated rings. The normalized spacial score (nSPS) is 16.3. The molecule has 0 saturated carbocycles. The summed E-state index contributed by atoms with van der Waals surface area (Å²) in [7, 11) is 3.82. The van der Waals surface area contributed by atoms with Gasteiger partial charge in [0.2, 0.25) is 0 Å². The van der Waals surface area contributed by atoms with Crippen molar-refractivity contribution in [3.05, 3.63) is 135 Å². The van der Waals surface area contributed by atoms with Crippen molar-refractivity contribution in [2.45, 2.75) is 26.9 Å². The highest BCUT2D eigenvalue weighted by atomic mass is 127. The van der Waals surface area contributed by atoms with Gasteiger partial charge in [-0.2, -0.15) is 0 Å². The molecular formula is C46H57Cl2IN8O3. The number of anilines is 3. The Morgan fingerprint density at radius 1 is 0.550 bits per heavy atom. The fourth-order valence-electron chi connectivity index (χ4n) is 8.42. The zero-order chi connectivity index (χ0) is 41.6. The van der Waals surface area contributed by atoms with Gasteiger partial charge >= 0.3 is 5.97 Å². The van der Waals surface area contributed by atoms with Crippen LogP contribution in [0.2, 0.25) is 10.0 Å². The van der Waals surface area contributed by atoms with Crippen molar-refractivity contribution in [3.8, 4) is 0 Å². The third-order valence-electron chi connectivity index (χ3n) is 12.3. The van der Waals surface area contributed by atoms with Gasteiger partial charge in [0.1, 0.15) is 11.4 Å². The van der Waals surface area contributed by atoms with Crippen LogP contribution in [0.3, 0.4) is 0 Å². The molecule has 3 aliphatic heterocycles. The molecule has 0 spiro atoms. The van der Waals surface area contributed by atoms with E-state index in [2.05, 4.69) is 78.5 Å². The third kappa shape index (κ3) is 10.4. The van der Waals surface area contributed by atoms with Crippen molar-refractivity contribution in [2.75, 3.05) is 93.2 Å². The lowest BCUT2D eigenvalue weighted by Crippen LogP contribution is -2.49. The summed E-state index contributed by atoms with van der Waals surface area (Å²) in [6.07, 6.45) is 0. The highest BCUT2D eigenvalue weighted by Crippen LogP contribution is 2.29. The van der Waals surface area contributed by atoms with Gasteiger partial charge in [0.15, 0.2) is 0 Å². The number of aromatic nitrogens is 2. The first-order chi connectivity index (χ1) is 28.5. The van der Waals surface area contributed by atoms with Crippen molar-refractivity contribution < 1.29 is 14.7 Å². The SMILES string of the molecule is Cc1c(CN2CCN(c3ccccc3Cl)CC2)cc(C(=O)N2CCN(c3ccccc3)CC2)n1C.Cc1c(CN2CCN(c3ccccc3Cl)CC2)cc(C(=O)O)n1C.I. The van der Waals surface area contributed by atoms with Gasteiger partial charge in [-0.1, -0.05) is 65.7 Å². The van der Waals surface area contributed by atoms with Gasteiger partial charge in [-0.15, -0.1) is 24.0 Å². The van der Waals surface area contributed by atoms with Crippen LogP contribution < -0.4 is 14.7 Å². The quantitative estimate of drug-likeness (QED) is 0.150. The standard InChI is InChI=1S/C28H34ClN5O.C18H22ClN3O2.HI/c1-22-23(21-31-12-14-33(15-13-31)26-11-7-6-10-25(26)29)20-27(30(22)2)28(35)34-18-16-32(17-19-34)24-8-4-3-5-9-24;1-13-14(11-17(18(23)24)20(13)2)12-21-7-9-22(10-8-21)16-6-4-3-5-15(16)19;/h3-11,20H,12-19,21H2,1-2H3;3-6,11H,7-10,12H2,1-2H3,(H,23,24);1H. The summed E-state index contributed by atoms with van der Waals surface area (Å²) >= 11 is 12.7. The minimum absolute atomic E-state index is 0. The van der Waals surface area contributed by atoms with E-state index >= 15 is 0 Å². The van der Waals surface area contributed by atoms with E-state index in [1.54, 1.807) is 17.7 Å². The highest BCUT2D eigenvalue weighted by Gasteiger charge is 2.27. The van der Waals surface area contributed by atoms with Gasteiger partial charge in [-0.05, 0) is 73.5 Å². The van der Waals surface area contributed by atoms with Crippen LogP contribution in [0.5, 0.6) is 0 Å². The van der Waals surface area contributed by atoms with Gasteiger partial charge in [-0.25, -0.2) is 4.79 Å². The molecule has 0 radical (unpaired) electrons. The molecule has 11 nitrogen and oxygen atoms in total. The summed E-state index contributed by atoms with van der Waals surface area (Å²) in [5, 5.41) is 10.8.